The molecular formula is C23H27ClN2O4. The molecule has 1 heterocycles. The first-order valence-corrected chi connectivity index (χ1v) is 9.61. The third-order valence-corrected chi connectivity index (χ3v) is 4.91. The van der Waals surface area contributed by atoms with E-state index in [1.54, 1.807) is 37.5 Å². The molecule has 6 nitrogen and oxygen atoms in total. The summed E-state index contributed by atoms with van der Waals surface area (Å²) in [6.45, 7) is 3.22. The predicted molar refractivity (Wildman–Crippen MR) is 120 cm³/mol. The van der Waals surface area contributed by atoms with Crippen molar-refractivity contribution < 1.29 is 19.1 Å². The van der Waals surface area contributed by atoms with Crippen LogP contribution in [-0.4, -0.2) is 68.4 Å². The number of para-hydroxylation sites is 1. The number of nitrogens with zero attached hydrogens (tertiary/aromatic N) is 2. The van der Waals surface area contributed by atoms with Crippen LogP contribution in [0.2, 0.25) is 0 Å². The van der Waals surface area contributed by atoms with Gasteiger partial charge in [0.15, 0.2) is 12.4 Å². The van der Waals surface area contributed by atoms with Crippen LogP contribution in [0, 0.1) is 0 Å². The van der Waals surface area contributed by atoms with Crippen molar-refractivity contribution in [1.82, 2.24) is 9.80 Å². The van der Waals surface area contributed by atoms with Gasteiger partial charge in [0.05, 0.1) is 7.11 Å². The lowest BCUT2D eigenvalue weighted by Crippen LogP contribution is -2.48. The molecular weight excluding hydrogens is 404 g/mol. The Bertz CT molecular complexity index is 875. The zero-order valence-corrected chi connectivity index (χ0v) is 18.1. The van der Waals surface area contributed by atoms with Crippen LogP contribution in [0.1, 0.15) is 15.9 Å². The molecule has 0 atom stereocenters. The second kappa shape index (κ2) is 11.4. The van der Waals surface area contributed by atoms with Crippen molar-refractivity contribution in [2.75, 3.05) is 46.9 Å². The number of hydrogen-bond donors (Lipinski definition) is 0. The summed E-state index contributed by atoms with van der Waals surface area (Å²) in [7, 11) is 3.65. The summed E-state index contributed by atoms with van der Waals surface area (Å²) < 4.78 is 10.9. The molecule has 0 N–H and O–H groups in total. The maximum absolute atomic E-state index is 12.4. The molecule has 1 aliphatic heterocycles. The van der Waals surface area contributed by atoms with Crippen LogP contribution in [0.25, 0.3) is 6.08 Å². The second-order valence-electron chi connectivity index (χ2n) is 6.94. The molecule has 0 aliphatic carbocycles. The van der Waals surface area contributed by atoms with Gasteiger partial charge < -0.3 is 19.3 Å². The van der Waals surface area contributed by atoms with Gasteiger partial charge in [0.25, 0.3) is 5.91 Å². The Morgan fingerprint density at radius 2 is 1.67 bits per heavy atom. The minimum absolute atomic E-state index is 0. The molecule has 0 spiro atoms. The van der Waals surface area contributed by atoms with Crippen molar-refractivity contribution in [3.63, 3.8) is 0 Å². The number of ketones is 1. The van der Waals surface area contributed by atoms with Crippen molar-refractivity contribution in [3.05, 3.63) is 65.7 Å². The SMILES string of the molecule is COc1ccccc1/C=C/C(=O)c1ccc(OCC(=O)N2CCN(C)CC2)cc1.Cl. The minimum Gasteiger partial charge on any atom is -0.496 e. The van der Waals surface area contributed by atoms with Crippen molar-refractivity contribution in [3.8, 4) is 11.5 Å². The highest BCUT2D eigenvalue weighted by Crippen LogP contribution is 2.19. The minimum atomic E-state index is -0.115. The van der Waals surface area contributed by atoms with Gasteiger partial charge in [-0.25, -0.2) is 0 Å². The van der Waals surface area contributed by atoms with E-state index in [1.807, 2.05) is 36.2 Å². The number of allylic oxidation sites excluding steroid dienone is 1. The molecule has 30 heavy (non-hydrogen) atoms. The number of methoxy groups -OCH3 is 1. The lowest BCUT2D eigenvalue weighted by atomic mass is 10.1. The molecule has 0 saturated carbocycles. The van der Waals surface area contributed by atoms with E-state index >= 15 is 0 Å². The fraction of sp³-hybridized carbons (Fsp3) is 0.304. The first-order chi connectivity index (χ1) is 14.1. The Morgan fingerprint density at radius 3 is 2.33 bits per heavy atom. The smallest absolute Gasteiger partial charge is 0.260 e. The number of hydrogen-bond acceptors (Lipinski definition) is 5. The van der Waals surface area contributed by atoms with E-state index in [0.717, 1.165) is 31.7 Å². The largest absolute Gasteiger partial charge is 0.496 e. The number of amides is 1. The highest BCUT2D eigenvalue weighted by atomic mass is 35.5. The number of carbonyl (C=O) groups excluding carboxylic acids is 2. The third-order valence-electron chi connectivity index (χ3n) is 4.91. The lowest BCUT2D eigenvalue weighted by Gasteiger charge is -2.32. The molecule has 3 rings (SSSR count). The normalized spacial score (nSPS) is 14.3. The summed E-state index contributed by atoms with van der Waals surface area (Å²) in [6, 6.07) is 14.3. The van der Waals surface area contributed by atoms with Gasteiger partial charge in [-0.15, -0.1) is 12.4 Å². The second-order valence-corrected chi connectivity index (χ2v) is 6.94. The fourth-order valence-electron chi connectivity index (χ4n) is 3.07. The summed E-state index contributed by atoms with van der Waals surface area (Å²) in [5.74, 6) is 1.15. The number of benzene rings is 2. The van der Waals surface area contributed by atoms with Crippen LogP contribution >= 0.6 is 12.4 Å². The van der Waals surface area contributed by atoms with E-state index in [4.69, 9.17) is 9.47 Å². The number of halogens is 1. The van der Waals surface area contributed by atoms with E-state index in [1.165, 1.54) is 6.08 Å². The van der Waals surface area contributed by atoms with Crippen molar-refractivity contribution in [2.24, 2.45) is 0 Å². The zero-order chi connectivity index (χ0) is 20.6. The molecule has 0 radical (unpaired) electrons. The van der Waals surface area contributed by atoms with E-state index < -0.39 is 0 Å². The number of rotatable bonds is 7. The van der Waals surface area contributed by atoms with Crippen molar-refractivity contribution in [1.29, 1.82) is 0 Å². The first kappa shape index (κ1) is 23.4. The van der Waals surface area contributed by atoms with Crippen molar-refractivity contribution in [2.45, 2.75) is 0 Å². The Balaban J connectivity index is 0.00000320. The summed E-state index contributed by atoms with van der Waals surface area (Å²) >= 11 is 0. The molecule has 0 aromatic heterocycles. The van der Waals surface area contributed by atoms with Gasteiger partial charge in [0.1, 0.15) is 11.5 Å². The highest BCUT2D eigenvalue weighted by Gasteiger charge is 2.19. The fourth-order valence-corrected chi connectivity index (χ4v) is 3.07. The van der Waals surface area contributed by atoms with Gasteiger partial charge >= 0.3 is 0 Å². The topological polar surface area (TPSA) is 59.1 Å². The van der Waals surface area contributed by atoms with Gasteiger partial charge in [-0.2, -0.15) is 0 Å². The average Bonchev–Trinajstić information content (AvgIpc) is 2.76. The molecule has 0 bridgehead atoms. The lowest BCUT2D eigenvalue weighted by molar-refractivity contribution is -0.134. The van der Waals surface area contributed by atoms with Crippen LogP contribution in [0.3, 0.4) is 0 Å². The van der Waals surface area contributed by atoms with E-state index in [9.17, 15) is 9.59 Å². The highest BCUT2D eigenvalue weighted by molar-refractivity contribution is 6.07. The number of piperazine rings is 1. The van der Waals surface area contributed by atoms with Crippen LogP contribution in [0.5, 0.6) is 11.5 Å². The average molecular weight is 431 g/mol. The Morgan fingerprint density at radius 1 is 1.00 bits per heavy atom. The number of carbonyl (C=O) groups is 2. The monoisotopic (exact) mass is 430 g/mol. The standard InChI is InChI=1S/C23H26N2O4.ClH/c1-24-13-15-25(16-14-24)23(27)17-29-20-10-7-18(8-11-20)21(26)12-9-19-5-3-4-6-22(19)28-2;/h3-12H,13-17H2,1-2H3;1H/b12-9+;. The van der Waals surface area contributed by atoms with Gasteiger partial charge in [-0.1, -0.05) is 18.2 Å². The molecule has 160 valence electrons. The zero-order valence-electron chi connectivity index (χ0n) is 17.2. The summed E-state index contributed by atoms with van der Waals surface area (Å²) in [5.41, 5.74) is 1.39. The van der Waals surface area contributed by atoms with Gasteiger partial charge in [0, 0.05) is 37.3 Å². The van der Waals surface area contributed by atoms with Crippen LogP contribution in [0.15, 0.2) is 54.6 Å². The molecule has 2 aromatic rings. The van der Waals surface area contributed by atoms with E-state index in [-0.39, 0.29) is 30.7 Å². The van der Waals surface area contributed by atoms with Crippen LogP contribution in [-0.2, 0) is 4.79 Å². The van der Waals surface area contributed by atoms with E-state index in [2.05, 4.69) is 4.90 Å². The Kier molecular flexibility index (Phi) is 8.89. The first-order valence-electron chi connectivity index (χ1n) is 9.61. The maximum Gasteiger partial charge on any atom is 0.260 e. The molecule has 1 amide bonds. The summed E-state index contributed by atoms with van der Waals surface area (Å²) in [4.78, 5) is 28.6. The third kappa shape index (κ3) is 6.34. The Labute approximate surface area is 183 Å². The molecule has 0 unspecified atom stereocenters. The molecule has 2 aromatic carbocycles. The molecule has 1 aliphatic rings. The molecule has 7 heteroatoms. The Hall–Kier alpha value is -2.83. The molecule has 1 saturated heterocycles. The summed E-state index contributed by atoms with van der Waals surface area (Å²) in [5, 5.41) is 0. The van der Waals surface area contributed by atoms with Crippen LogP contribution < -0.4 is 9.47 Å². The van der Waals surface area contributed by atoms with Gasteiger partial charge in [0.2, 0.25) is 0 Å². The van der Waals surface area contributed by atoms with E-state index in [0.29, 0.717) is 17.1 Å². The number of likely N-dealkylation sites (N-methyl/N-ethyl adjacent to an activating group) is 1. The van der Waals surface area contributed by atoms with Crippen molar-refractivity contribution >= 4 is 30.2 Å². The summed E-state index contributed by atoms with van der Waals surface area (Å²) in [6.07, 6.45) is 3.25. The van der Waals surface area contributed by atoms with Gasteiger partial charge in [-0.3, -0.25) is 9.59 Å². The van der Waals surface area contributed by atoms with Crippen LogP contribution in [0.4, 0.5) is 0 Å². The quantitative estimate of drug-likeness (QED) is 0.499. The maximum atomic E-state index is 12.4. The molecule has 1 fully saturated rings. The predicted octanol–water partition coefficient (Wildman–Crippen LogP) is 3.17. The number of ether oxygens (including phenoxy) is 2. The van der Waals surface area contributed by atoms with Gasteiger partial charge in [-0.05, 0) is 49.5 Å².